The number of thiazole rings is 1. The Kier molecular flexibility index (Phi) is 5.16. The summed E-state index contributed by atoms with van der Waals surface area (Å²) in [7, 11) is 0. The molecule has 0 saturated heterocycles. The van der Waals surface area contributed by atoms with E-state index >= 15 is 0 Å². The molecule has 0 unspecified atom stereocenters. The standard InChI is InChI=1S/C18H17BrN2O2S/c1-3-12-7-8-14(13(19)9-12)23-10-16(22)20-18-21-17-11(2)5-4-6-15(17)24-18/h4-9H,3,10H2,1-2H3,(H,20,21,22). The van der Waals surface area contributed by atoms with E-state index in [1.807, 2.05) is 43.3 Å². The Bertz CT molecular complexity index is 892. The molecule has 6 heteroatoms. The first kappa shape index (κ1) is 16.9. The van der Waals surface area contributed by atoms with Gasteiger partial charge in [0, 0.05) is 0 Å². The van der Waals surface area contributed by atoms with Crippen LogP contribution in [0.1, 0.15) is 18.1 Å². The summed E-state index contributed by atoms with van der Waals surface area (Å²) in [6.45, 7) is 4.04. The third kappa shape index (κ3) is 3.76. The Morgan fingerprint density at radius 1 is 1.33 bits per heavy atom. The van der Waals surface area contributed by atoms with E-state index in [0.717, 1.165) is 26.7 Å². The van der Waals surface area contributed by atoms with Gasteiger partial charge in [-0.25, -0.2) is 4.98 Å². The van der Waals surface area contributed by atoms with Crippen molar-refractivity contribution >= 4 is 48.5 Å². The molecule has 0 aliphatic rings. The second-order valence-corrected chi connectivity index (χ2v) is 7.28. The van der Waals surface area contributed by atoms with E-state index in [-0.39, 0.29) is 12.5 Å². The van der Waals surface area contributed by atoms with Gasteiger partial charge in [0.2, 0.25) is 0 Å². The molecule has 0 aliphatic carbocycles. The molecule has 0 fully saturated rings. The smallest absolute Gasteiger partial charge is 0.264 e. The molecule has 0 spiro atoms. The summed E-state index contributed by atoms with van der Waals surface area (Å²) in [6.07, 6.45) is 0.955. The number of aromatic nitrogens is 1. The van der Waals surface area contributed by atoms with Crippen molar-refractivity contribution in [3.05, 3.63) is 52.0 Å². The predicted molar refractivity (Wildman–Crippen MR) is 102 cm³/mol. The third-order valence-corrected chi connectivity index (χ3v) is 5.19. The zero-order valence-electron chi connectivity index (χ0n) is 13.4. The summed E-state index contributed by atoms with van der Waals surface area (Å²) in [6, 6.07) is 11.9. The lowest BCUT2D eigenvalue weighted by Crippen LogP contribution is -2.20. The molecule has 0 radical (unpaired) electrons. The van der Waals surface area contributed by atoms with Crippen LogP contribution in [-0.4, -0.2) is 17.5 Å². The van der Waals surface area contributed by atoms with Crippen molar-refractivity contribution in [2.24, 2.45) is 0 Å². The summed E-state index contributed by atoms with van der Waals surface area (Å²) in [5.74, 6) is 0.431. The van der Waals surface area contributed by atoms with Crippen molar-refractivity contribution in [3.63, 3.8) is 0 Å². The van der Waals surface area contributed by atoms with Crippen LogP contribution in [0.3, 0.4) is 0 Å². The molecule has 4 nitrogen and oxygen atoms in total. The van der Waals surface area contributed by atoms with Crippen molar-refractivity contribution in [2.45, 2.75) is 20.3 Å². The molecule has 0 bridgehead atoms. The molecule has 24 heavy (non-hydrogen) atoms. The van der Waals surface area contributed by atoms with Gasteiger partial charge in [0.15, 0.2) is 11.7 Å². The summed E-state index contributed by atoms with van der Waals surface area (Å²) in [5, 5.41) is 3.39. The SMILES string of the molecule is CCc1ccc(OCC(=O)Nc2nc3c(C)cccc3s2)c(Br)c1. The molecule has 1 aromatic heterocycles. The highest BCUT2D eigenvalue weighted by atomic mass is 79.9. The maximum absolute atomic E-state index is 12.1. The van der Waals surface area contributed by atoms with E-state index in [1.165, 1.54) is 16.9 Å². The summed E-state index contributed by atoms with van der Waals surface area (Å²) in [5.41, 5.74) is 3.24. The van der Waals surface area contributed by atoms with Crippen molar-refractivity contribution in [1.29, 1.82) is 0 Å². The number of fused-ring (bicyclic) bond motifs is 1. The lowest BCUT2D eigenvalue weighted by Gasteiger charge is -2.08. The molecular formula is C18H17BrN2O2S. The number of rotatable bonds is 5. The van der Waals surface area contributed by atoms with Crippen LogP contribution >= 0.6 is 27.3 Å². The highest BCUT2D eigenvalue weighted by Crippen LogP contribution is 2.28. The van der Waals surface area contributed by atoms with Gasteiger partial charge in [0.05, 0.1) is 14.7 Å². The van der Waals surface area contributed by atoms with Gasteiger partial charge in [-0.1, -0.05) is 36.5 Å². The largest absolute Gasteiger partial charge is 0.483 e. The lowest BCUT2D eigenvalue weighted by molar-refractivity contribution is -0.118. The van der Waals surface area contributed by atoms with E-state index < -0.39 is 0 Å². The monoisotopic (exact) mass is 404 g/mol. The Morgan fingerprint density at radius 3 is 2.88 bits per heavy atom. The molecular weight excluding hydrogens is 388 g/mol. The van der Waals surface area contributed by atoms with E-state index in [4.69, 9.17) is 4.74 Å². The van der Waals surface area contributed by atoms with Crippen LogP contribution in [-0.2, 0) is 11.2 Å². The average Bonchev–Trinajstić information content (AvgIpc) is 2.97. The van der Waals surface area contributed by atoms with Crippen molar-refractivity contribution in [2.75, 3.05) is 11.9 Å². The maximum atomic E-state index is 12.1. The van der Waals surface area contributed by atoms with Gasteiger partial charge in [-0.3, -0.25) is 10.1 Å². The molecule has 1 heterocycles. The van der Waals surface area contributed by atoms with Crippen LogP contribution < -0.4 is 10.1 Å². The van der Waals surface area contributed by atoms with Gasteiger partial charge in [-0.15, -0.1) is 0 Å². The second-order valence-electron chi connectivity index (χ2n) is 5.40. The Morgan fingerprint density at radius 2 is 2.17 bits per heavy atom. The van der Waals surface area contributed by atoms with Gasteiger partial charge in [0.1, 0.15) is 5.75 Å². The number of nitrogens with zero attached hydrogens (tertiary/aromatic N) is 1. The van der Waals surface area contributed by atoms with Gasteiger partial charge >= 0.3 is 0 Å². The number of amides is 1. The number of hydrogen-bond acceptors (Lipinski definition) is 4. The molecule has 0 aliphatic heterocycles. The number of halogens is 1. The fraction of sp³-hybridized carbons (Fsp3) is 0.222. The summed E-state index contributed by atoms with van der Waals surface area (Å²) >= 11 is 4.93. The number of hydrogen-bond donors (Lipinski definition) is 1. The van der Waals surface area contributed by atoms with Crippen LogP contribution in [0.2, 0.25) is 0 Å². The molecule has 2 aromatic carbocycles. The van der Waals surface area contributed by atoms with Crippen LogP contribution in [0.15, 0.2) is 40.9 Å². The quantitative estimate of drug-likeness (QED) is 0.654. The molecule has 1 amide bonds. The first-order valence-corrected chi connectivity index (χ1v) is 9.25. The number of para-hydroxylation sites is 1. The van der Waals surface area contributed by atoms with Gasteiger partial charge < -0.3 is 4.74 Å². The Labute approximate surface area is 153 Å². The summed E-state index contributed by atoms with van der Waals surface area (Å²) in [4.78, 5) is 16.6. The zero-order valence-corrected chi connectivity index (χ0v) is 15.8. The number of carbonyl (C=O) groups excluding carboxylic acids is 1. The van der Waals surface area contributed by atoms with Gasteiger partial charge in [0.25, 0.3) is 5.91 Å². The Balaban J connectivity index is 1.64. The van der Waals surface area contributed by atoms with Crippen molar-refractivity contribution in [3.8, 4) is 5.75 Å². The van der Waals surface area contributed by atoms with Crippen LogP contribution in [0.25, 0.3) is 10.2 Å². The average molecular weight is 405 g/mol. The van der Waals surface area contributed by atoms with Crippen molar-refractivity contribution in [1.82, 2.24) is 4.98 Å². The molecule has 0 atom stereocenters. The maximum Gasteiger partial charge on any atom is 0.264 e. The molecule has 1 N–H and O–H groups in total. The van der Waals surface area contributed by atoms with Crippen molar-refractivity contribution < 1.29 is 9.53 Å². The molecule has 3 rings (SSSR count). The number of ether oxygens (including phenoxy) is 1. The van der Waals surface area contributed by atoms with Crippen LogP contribution in [0, 0.1) is 6.92 Å². The van der Waals surface area contributed by atoms with E-state index in [2.05, 4.69) is 33.2 Å². The fourth-order valence-corrected chi connectivity index (χ4v) is 3.82. The minimum atomic E-state index is -0.224. The zero-order chi connectivity index (χ0) is 17.1. The van der Waals surface area contributed by atoms with E-state index in [0.29, 0.717) is 10.9 Å². The number of benzene rings is 2. The minimum Gasteiger partial charge on any atom is -0.483 e. The fourth-order valence-electron chi connectivity index (χ4n) is 2.32. The minimum absolute atomic E-state index is 0.0566. The summed E-state index contributed by atoms with van der Waals surface area (Å²) < 4.78 is 7.50. The topological polar surface area (TPSA) is 51.2 Å². The van der Waals surface area contributed by atoms with Gasteiger partial charge in [-0.2, -0.15) is 0 Å². The highest BCUT2D eigenvalue weighted by molar-refractivity contribution is 9.10. The van der Waals surface area contributed by atoms with Gasteiger partial charge in [-0.05, 0) is 58.6 Å². The first-order valence-electron chi connectivity index (χ1n) is 7.64. The van der Waals surface area contributed by atoms with Crippen LogP contribution in [0.4, 0.5) is 5.13 Å². The molecule has 124 valence electrons. The first-order chi connectivity index (χ1) is 11.6. The molecule has 0 saturated carbocycles. The number of nitrogens with one attached hydrogen (secondary N) is 1. The number of carbonyl (C=O) groups is 1. The third-order valence-electron chi connectivity index (χ3n) is 3.63. The number of anilines is 1. The second kappa shape index (κ2) is 7.32. The highest BCUT2D eigenvalue weighted by Gasteiger charge is 2.10. The van der Waals surface area contributed by atoms with E-state index in [9.17, 15) is 4.79 Å². The van der Waals surface area contributed by atoms with E-state index in [1.54, 1.807) is 0 Å². The van der Waals surface area contributed by atoms with Crippen LogP contribution in [0.5, 0.6) is 5.75 Å². The predicted octanol–water partition coefficient (Wildman–Crippen LogP) is 4.95. The Hall–Kier alpha value is -1.92. The normalized spacial score (nSPS) is 10.8. The number of aryl methyl sites for hydroxylation is 2. The lowest BCUT2D eigenvalue weighted by atomic mass is 10.2. The molecule has 3 aromatic rings.